The molecule has 0 unspecified atom stereocenters. The highest BCUT2D eigenvalue weighted by Crippen LogP contribution is 2.11. The first-order valence-electron chi connectivity index (χ1n) is 6.50. The van der Waals surface area contributed by atoms with Gasteiger partial charge < -0.3 is 14.4 Å². The van der Waals surface area contributed by atoms with Gasteiger partial charge in [-0.3, -0.25) is 9.59 Å². The zero-order valence-electron chi connectivity index (χ0n) is 12.2. The molecule has 1 aromatic rings. The number of nitrogens with zero attached hydrogens (tertiary/aromatic N) is 1. The van der Waals surface area contributed by atoms with E-state index in [9.17, 15) is 9.59 Å². The van der Waals surface area contributed by atoms with Gasteiger partial charge in [-0.15, -0.1) is 0 Å². The van der Waals surface area contributed by atoms with E-state index in [1.54, 1.807) is 18.1 Å². The van der Waals surface area contributed by atoms with E-state index in [1.165, 1.54) is 7.11 Å². The van der Waals surface area contributed by atoms with Gasteiger partial charge in [0.15, 0.2) is 0 Å². The fraction of sp³-hybridized carbons (Fsp3) is 0.467. The van der Waals surface area contributed by atoms with Crippen LogP contribution in [0.25, 0.3) is 0 Å². The van der Waals surface area contributed by atoms with Crippen LogP contribution in [-0.2, 0) is 14.3 Å². The van der Waals surface area contributed by atoms with Crippen LogP contribution in [0.5, 0.6) is 0 Å². The van der Waals surface area contributed by atoms with Crippen LogP contribution in [0, 0.1) is 6.92 Å². The summed E-state index contributed by atoms with van der Waals surface area (Å²) in [6, 6.07) is 7.40. The average molecular weight is 279 g/mol. The highest BCUT2D eigenvalue weighted by atomic mass is 16.5. The molecule has 0 N–H and O–H groups in total. The van der Waals surface area contributed by atoms with Gasteiger partial charge in [0, 0.05) is 25.8 Å². The number of hydrogen-bond acceptors (Lipinski definition) is 4. The number of methoxy groups -OCH3 is 2. The number of benzene rings is 1. The molecule has 5 nitrogen and oxygen atoms in total. The lowest BCUT2D eigenvalue weighted by molar-refractivity contribution is -0.140. The van der Waals surface area contributed by atoms with E-state index in [2.05, 4.69) is 4.74 Å². The molecule has 0 heterocycles. The maximum Gasteiger partial charge on any atom is 0.307 e. The molecule has 1 amide bonds. The Morgan fingerprint density at radius 2 is 1.85 bits per heavy atom. The molecule has 0 fully saturated rings. The second-order valence-corrected chi connectivity index (χ2v) is 4.43. The lowest BCUT2D eigenvalue weighted by Crippen LogP contribution is -2.36. The Kier molecular flexibility index (Phi) is 6.73. The van der Waals surface area contributed by atoms with Crippen LogP contribution < -0.4 is 0 Å². The van der Waals surface area contributed by atoms with Gasteiger partial charge in [-0.2, -0.15) is 0 Å². The Bertz CT molecular complexity index is 459. The van der Waals surface area contributed by atoms with Crippen molar-refractivity contribution in [2.24, 2.45) is 0 Å². The van der Waals surface area contributed by atoms with E-state index in [1.807, 2.05) is 25.1 Å². The maximum absolute atomic E-state index is 12.5. The summed E-state index contributed by atoms with van der Waals surface area (Å²) in [7, 11) is 2.92. The Morgan fingerprint density at radius 1 is 1.15 bits per heavy atom. The van der Waals surface area contributed by atoms with Gasteiger partial charge in [-0.25, -0.2) is 0 Å². The summed E-state index contributed by atoms with van der Waals surface area (Å²) in [4.78, 5) is 25.3. The molecule has 0 saturated heterocycles. The molecule has 0 spiro atoms. The number of hydrogen-bond donors (Lipinski definition) is 0. The number of ether oxygens (including phenoxy) is 2. The van der Waals surface area contributed by atoms with Gasteiger partial charge in [0.25, 0.3) is 5.91 Å². The third-order valence-electron chi connectivity index (χ3n) is 3.04. The zero-order valence-corrected chi connectivity index (χ0v) is 12.2. The molecule has 0 radical (unpaired) electrons. The van der Waals surface area contributed by atoms with Crippen molar-refractivity contribution in [3.8, 4) is 0 Å². The molecule has 0 aromatic heterocycles. The first-order valence-corrected chi connectivity index (χ1v) is 6.50. The van der Waals surface area contributed by atoms with E-state index in [-0.39, 0.29) is 18.3 Å². The van der Waals surface area contributed by atoms with E-state index in [0.29, 0.717) is 25.3 Å². The third kappa shape index (κ3) is 4.66. The van der Waals surface area contributed by atoms with Crippen LogP contribution >= 0.6 is 0 Å². The molecule has 1 aromatic carbocycles. The lowest BCUT2D eigenvalue weighted by atomic mass is 10.1. The summed E-state index contributed by atoms with van der Waals surface area (Å²) >= 11 is 0. The van der Waals surface area contributed by atoms with Crippen molar-refractivity contribution in [3.63, 3.8) is 0 Å². The second kappa shape index (κ2) is 8.32. The summed E-state index contributed by atoms with van der Waals surface area (Å²) < 4.78 is 9.62. The number of amides is 1. The number of rotatable bonds is 7. The fourth-order valence-electron chi connectivity index (χ4n) is 1.83. The predicted molar refractivity (Wildman–Crippen MR) is 75.6 cm³/mol. The third-order valence-corrected chi connectivity index (χ3v) is 3.04. The minimum absolute atomic E-state index is 0.0935. The first-order chi connectivity index (χ1) is 9.60. The molecule has 110 valence electrons. The molecule has 0 atom stereocenters. The lowest BCUT2D eigenvalue weighted by Gasteiger charge is -2.22. The van der Waals surface area contributed by atoms with Gasteiger partial charge in [-0.05, 0) is 18.6 Å². The maximum atomic E-state index is 12.5. The van der Waals surface area contributed by atoms with Crippen LogP contribution in [0.4, 0.5) is 0 Å². The summed E-state index contributed by atoms with van der Waals surface area (Å²) in [5.74, 6) is -0.422. The summed E-state index contributed by atoms with van der Waals surface area (Å²) in [5.41, 5.74) is 1.56. The quantitative estimate of drug-likeness (QED) is 0.712. The van der Waals surface area contributed by atoms with E-state index in [4.69, 9.17) is 4.74 Å². The molecular weight excluding hydrogens is 258 g/mol. The minimum atomic E-state index is -0.329. The monoisotopic (exact) mass is 279 g/mol. The zero-order chi connectivity index (χ0) is 15.0. The summed E-state index contributed by atoms with van der Waals surface area (Å²) in [6.07, 6.45) is 0.178. The molecule has 0 bridgehead atoms. The van der Waals surface area contributed by atoms with Crippen LogP contribution in [0.15, 0.2) is 24.3 Å². The predicted octanol–water partition coefficient (Wildman–Crippen LogP) is 1.65. The van der Waals surface area contributed by atoms with Crippen molar-refractivity contribution < 1.29 is 19.1 Å². The second-order valence-electron chi connectivity index (χ2n) is 4.43. The Labute approximate surface area is 119 Å². The van der Waals surface area contributed by atoms with Crippen molar-refractivity contribution >= 4 is 11.9 Å². The first kappa shape index (κ1) is 16.2. The topological polar surface area (TPSA) is 55.8 Å². The van der Waals surface area contributed by atoms with Crippen molar-refractivity contribution in [3.05, 3.63) is 35.4 Å². The number of aryl methyl sites for hydroxylation is 1. The fourth-order valence-corrected chi connectivity index (χ4v) is 1.83. The smallest absolute Gasteiger partial charge is 0.307 e. The Balaban J connectivity index is 2.78. The SMILES string of the molecule is COCCN(CCC(=O)OC)C(=O)c1ccccc1C. The summed E-state index contributed by atoms with van der Waals surface area (Å²) in [6.45, 7) is 3.09. The van der Waals surface area contributed by atoms with Gasteiger partial charge in [-0.1, -0.05) is 18.2 Å². The number of esters is 1. The van der Waals surface area contributed by atoms with Gasteiger partial charge in [0.2, 0.25) is 0 Å². The highest BCUT2D eigenvalue weighted by Gasteiger charge is 2.18. The van der Waals surface area contributed by atoms with Crippen molar-refractivity contribution in [1.29, 1.82) is 0 Å². The minimum Gasteiger partial charge on any atom is -0.469 e. The molecule has 0 aliphatic rings. The van der Waals surface area contributed by atoms with Crippen LogP contribution in [-0.4, -0.2) is 50.7 Å². The average Bonchev–Trinajstić information content (AvgIpc) is 2.47. The van der Waals surface area contributed by atoms with E-state index >= 15 is 0 Å². The van der Waals surface area contributed by atoms with Crippen molar-refractivity contribution in [1.82, 2.24) is 4.90 Å². The molecule has 5 heteroatoms. The van der Waals surface area contributed by atoms with Crippen LogP contribution in [0.1, 0.15) is 22.3 Å². The van der Waals surface area contributed by atoms with Crippen LogP contribution in [0.2, 0.25) is 0 Å². The standard InChI is InChI=1S/C15H21NO4/c1-12-6-4-5-7-13(12)15(18)16(10-11-19-2)9-8-14(17)20-3/h4-7H,8-11H2,1-3H3. The van der Waals surface area contributed by atoms with Gasteiger partial charge >= 0.3 is 5.97 Å². The molecule has 0 aliphatic heterocycles. The largest absolute Gasteiger partial charge is 0.469 e. The number of carbonyl (C=O) groups excluding carboxylic acids is 2. The highest BCUT2D eigenvalue weighted by molar-refractivity contribution is 5.95. The van der Waals surface area contributed by atoms with Crippen molar-refractivity contribution in [2.75, 3.05) is 33.9 Å². The molecule has 20 heavy (non-hydrogen) atoms. The van der Waals surface area contributed by atoms with E-state index in [0.717, 1.165) is 5.56 Å². The Morgan fingerprint density at radius 3 is 2.45 bits per heavy atom. The van der Waals surface area contributed by atoms with E-state index < -0.39 is 0 Å². The Hall–Kier alpha value is -1.88. The molecule has 0 saturated carbocycles. The molecule has 1 rings (SSSR count). The van der Waals surface area contributed by atoms with Gasteiger partial charge in [0.05, 0.1) is 20.1 Å². The molecule has 0 aliphatic carbocycles. The molecular formula is C15H21NO4. The normalized spacial score (nSPS) is 10.2. The number of carbonyl (C=O) groups is 2. The van der Waals surface area contributed by atoms with Gasteiger partial charge in [0.1, 0.15) is 0 Å². The van der Waals surface area contributed by atoms with Crippen LogP contribution in [0.3, 0.4) is 0 Å². The summed E-state index contributed by atoms with van der Waals surface area (Å²) in [5, 5.41) is 0. The van der Waals surface area contributed by atoms with Crippen molar-refractivity contribution in [2.45, 2.75) is 13.3 Å².